The van der Waals surface area contributed by atoms with E-state index in [9.17, 15) is 9.59 Å². The van der Waals surface area contributed by atoms with E-state index in [0.29, 0.717) is 23.3 Å². The third-order valence-electron chi connectivity index (χ3n) is 5.82. The predicted molar refractivity (Wildman–Crippen MR) is 117 cm³/mol. The zero-order chi connectivity index (χ0) is 22.1. The van der Waals surface area contributed by atoms with Gasteiger partial charge in [-0.1, -0.05) is 42.0 Å². The van der Waals surface area contributed by atoms with Crippen LogP contribution < -0.4 is 5.73 Å². The number of ether oxygens (including phenoxy) is 1. The van der Waals surface area contributed by atoms with Crippen molar-refractivity contribution in [2.75, 3.05) is 27.2 Å². The number of allylic oxidation sites excluding steroid dienone is 2. The minimum atomic E-state index is -0.499. The largest absolute Gasteiger partial charge is 0.402 e. The number of amides is 2. The first-order valence-electron chi connectivity index (χ1n) is 10.5. The standard InChI is InChI=1S/C24H34N3O3/c1-16(2)13-19-21-22(20(30-19)14-17(3)25)24(29)26(23(21)28)11-12-27(4,5)15-18-9-7-6-8-10-18/h6-10,13-14,19-22H,11-12,15,25H2,1-5H3/q+1/b17-14+. The summed E-state index contributed by atoms with van der Waals surface area (Å²) in [6.07, 6.45) is 2.85. The van der Waals surface area contributed by atoms with Crippen molar-refractivity contribution in [2.24, 2.45) is 17.6 Å². The number of carbonyl (C=O) groups is 2. The fourth-order valence-corrected chi connectivity index (χ4v) is 4.44. The van der Waals surface area contributed by atoms with Gasteiger partial charge in [-0.05, 0) is 26.8 Å². The number of likely N-dealkylation sites (N-methyl/N-ethyl adjacent to an activating group) is 1. The molecule has 0 saturated carbocycles. The lowest BCUT2D eigenvalue weighted by molar-refractivity contribution is -0.902. The average molecular weight is 413 g/mol. The molecule has 2 amide bonds. The molecule has 2 fully saturated rings. The van der Waals surface area contributed by atoms with E-state index in [0.717, 1.165) is 12.1 Å². The van der Waals surface area contributed by atoms with Crippen LogP contribution in [0.25, 0.3) is 0 Å². The Bertz CT molecular complexity index is 810. The summed E-state index contributed by atoms with van der Waals surface area (Å²) in [7, 11) is 4.24. The number of carbonyl (C=O) groups excluding carboxylic acids is 2. The molecule has 0 aromatic heterocycles. The van der Waals surface area contributed by atoms with Gasteiger partial charge in [0.05, 0.1) is 51.2 Å². The fourth-order valence-electron chi connectivity index (χ4n) is 4.44. The second-order valence-corrected chi connectivity index (χ2v) is 9.40. The van der Waals surface area contributed by atoms with Gasteiger partial charge in [-0.2, -0.15) is 0 Å². The first-order chi connectivity index (χ1) is 14.1. The van der Waals surface area contributed by atoms with Gasteiger partial charge in [0.25, 0.3) is 0 Å². The van der Waals surface area contributed by atoms with Gasteiger partial charge < -0.3 is 15.0 Å². The molecule has 4 atom stereocenters. The highest BCUT2D eigenvalue weighted by Gasteiger charge is 2.58. The molecule has 0 radical (unpaired) electrons. The van der Waals surface area contributed by atoms with Crippen molar-refractivity contribution in [1.29, 1.82) is 0 Å². The van der Waals surface area contributed by atoms with Crippen LogP contribution in [0.5, 0.6) is 0 Å². The molecule has 0 aliphatic carbocycles. The van der Waals surface area contributed by atoms with Gasteiger partial charge in [0.1, 0.15) is 6.54 Å². The van der Waals surface area contributed by atoms with E-state index in [2.05, 4.69) is 26.2 Å². The summed E-state index contributed by atoms with van der Waals surface area (Å²) >= 11 is 0. The highest BCUT2D eigenvalue weighted by Crippen LogP contribution is 2.42. The first kappa shape index (κ1) is 22.2. The minimum absolute atomic E-state index is 0.127. The van der Waals surface area contributed by atoms with Gasteiger partial charge in [0.15, 0.2) is 0 Å². The minimum Gasteiger partial charge on any atom is -0.402 e. The van der Waals surface area contributed by atoms with Crippen molar-refractivity contribution in [3.8, 4) is 0 Å². The van der Waals surface area contributed by atoms with E-state index >= 15 is 0 Å². The molecule has 2 aliphatic rings. The smallest absolute Gasteiger partial charge is 0.236 e. The summed E-state index contributed by atoms with van der Waals surface area (Å²) in [6, 6.07) is 10.3. The summed E-state index contributed by atoms with van der Waals surface area (Å²) in [6.45, 7) is 7.65. The monoisotopic (exact) mass is 412 g/mol. The number of imide groups is 1. The Balaban J connectivity index is 1.76. The second kappa shape index (κ2) is 8.74. The molecule has 1 aromatic carbocycles. The van der Waals surface area contributed by atoms with Gasteiger partial charge in [0, 0.05) is 11.3 Å². The van der Waals surface area contributed by atoms with E-state index in [4.69, 9.17) is 10.5 Å². The molecule has 2 saturated heterocycles. The van der Waals surface area contributed by atoms with Gasteiger partial charge in [-0.25, -0.2) is 0 Å². The number of likely N-dealkylation sites (tertiary alicyclic amines) is 1. The molecule has 2 aliphatic heterocycles. The predicted octanol–water partition coefficient (Wildman–Crippen LogP) is 2.46. The SMILES string of the molecule is CC(C)=CC1OC(/C=C(\C)N)C2C(=O)N(CC[N+](C)(C)Cc3ccccc3)C(=O)C12. The van der Waals surface area contributed by atoms with Crippen LogP contribution >= 0.6 is 0 Å². The molecule has 162 valence electrons. The number of nitrogens with two attached hydrogens (primary N) is 1. The molecule has 0 spiro atoms. The van der Waals surface area contributed by atoms with Crippen LogP contribution in [-0.2, 0) is 20.9 Å². The van der Waals surface area contributed by atoms with E-state index in [1.54, 1.807) is 13.0 Å². The Kier molecular flexibility index (Phi) is 6.48. The Morgan fingerprint density at radius 1 is 1.03 bits per heavy atom. The topological polar surface area (TPSA) is 72.6 Å². The van der Waals surface area contributed by atoms with Crippen LogP contribution in [0.2, 0.25) is 0 Å². The molecule has 30 heavy (non-hydrogen) atoms. The number of hydrogen-bond donors (Lipinski definition) is 1. The molecular formula is C24H34N3O3+. The molecule has 3 rings (SSSR count). The van der Waals surface area contributed by atoms with Crippen LogP contribution in [0.3, 0.4) is 0 Å². The van der Waals surface area contributed by atoms with Crippen LogP contribution in [0.1, 0.15) is 26.3 Å². The average Bonchev–Trinajstić information content (AvgIpc) is 3.09. The maximum atomic E-state index is 13.2. The summed E-state index contributed by atoms with van der Waals surface area (Å²) in [4.78, 5) is 27.9. The lowest BCUT2D eigenvalue weighted by Gasteiger charge is -2.31. The zero-order valence-corrected chi connectivity index (χ0v) is 18.7. The number of fused-ring (bicyclic) bond motifs is 1. The number of hydrogen-bond acceptors (Lipinski definition) is 4. The molecule has 1 aromatic rings. The van der Waals surface area contributed by atoms with Crippen LogP contribution in [0, 0.1) is 11.8 Å². The van der Waals surface area contributed by atoms with Crippen LogP contribution in [-0.4, -0.2) is 60.6 Å². The highest BCUT2D eigenvalue weighted by molar-refractivity contribution is 6.06. The van der Waals surface area contributed by atoms with E-state index in [1.807, 2.05) is 38.1 Å². The number of quaternary nitrogens is 1. The van der Waals surface area contributed by atoms with Crippen molar-refractivity contribution in [3.63, 3.8) is 0 Å². The zero-order valence-electron chi connectivity index (χ0n) is 18.7. The molecule has 2 N–H and O–H groups in total. The molecular weight excluding hydrogens is 378 g/mol. The van der Waals surface area contributed by atoms with E-state index in [1.165, 1.54) is 10.5 Å². The Labute approximate surface area is 179 Å². The molecule has 2 heterocycles. The lowest BCUT2D eigenvalue weighted by atomic mass is 9.88. The highest BCUT2D eigenvalue weighted by atomic mass is 16.5. The maximum Gasteiger partial charge on any atom is 0.236 e. The van der Waals surface area contributed by atoms with Gasteiger partial charge in [-0.3, -0.25) is 14.5 Å². The van der Waals surface area contributed by atoms with Crippen molar-refractivity contribution < 1.29 is 18.8 Å². The molecule has 0 bridgehead atoms. The lowest BCUT2D eigenvalue weighted by Crippen LogP contribution is -2.47. The molecule has 6 heteroatoms. The number of nitrogens with zero attached hydrogens (tertiary/aromatic N) is 2. The van der Waals surface area contributed by atoms with E-state index in [-0.39, 0.29) is 11.8 Å². The Morgan fingerprint density at radius 3 is 2.13 bits per heavy atom. The summed E-state index contributed by atoms with van der Waals surface area (Å²) in [5.74, 6) is -1.24. The molecule has 6 nitrogen and oxygen atoms in total. The third-order valence-corrected chi connectivity index (χ3v) is 5.82. The third kappa shape index (κ3) is 4.82. The van der Waals surface area contributed by atoms with Gasteiger partial charge in [-0.15, -0.1) is 0 Å². The Morgan fingerprint density at radius 2 is 1.60 bits per heavy atom. The summed E-state index contributed by atoms with van der Waals surface area (Å²) in [5, 5.41) is 0. The van der Waals surface area contributed by atoms with Crippen molar-refractivity contribution in [1.82, 2.24) is 4.90 Å². The van der Waals surface area contributed by atoms with Crippen LogP contribution in [0.15, 0.2) is 53.8 Å². The second-order valence-electron chi connectivity index (χ2n) is 9.40. The van der Waals surface area contributed by atoms with Crippen molar-refractivity contribution in [2.45, 2.75) is 39.5 Å². The van der Waals surface area contributed by atoms with E-state index < -0.39 is 24.0 Å². The normalized spacial score (nSPS) is 26.8. The van der Waals surface area contributed by atoms with Gasteiger partial charge in [0.2, 0.25) is 11.8 Å². The Hall–Kier alpha value is -2.44. The summed E-state index contributed by atoms with van der Waals surface area (Å²) in [5.41, 5.74) is 8.75. The summed E-state index contributed by atoms with van der Waals surface area (Å²) < 4.78 is 6.75. The quantitative estimate of drug-likeness (QED) is 0.424. The fraction of sp³-hybridized carbons (Fsp3) is 0.500. The first-order valence-corrected chi connectivity index (χ1v) is 10.5. The van der Waals surface area contributed by atoms with Gasteiger partial charge >= 0.3 is 0 Å². The number of benzene rings is 1. The van der Waals surface area contributed by atoms with Crippen molar-refractivity contribution >= 4 is 11.8 Å². The molecule has 4 unspecified atom stereocenters. The maximum absolute atomic E-state index is 13.2. The van der Waals surface area contributed by atoms with Crippen LogP contribution in [0.4, 0.5) is 0 Å². The number of rotatable bonds is 7. The van der Waals surface area contributed by atoms with Crippen molar-refractivity contribution in [3.05, 3.63) is 59.3 Å².